The highest BCUT2D eigenvalue weighted by Crippen LogP contribution is 2.41. The van der Waals surface area contributed by atoms with Crippen molar-refractivity contribution in [3.05, 3.63) is 68.0 Å². The highest BCUT2D eigenvalue weighted by Gasteiger charge is 2.41. The lowest BCUT2D eigenvalue weighted by Crippen LogP contribution is -2.31. The van der Waals surface area contributed by atoms with Crippen LogP contribution >= 0.6 is 35.0 Å². The molecule has 0 bridgehead atoms. The third-order valence-corrected chi connectivity index (χ3v) is 5.64. The number of imide groups is 1. The average molecular weight is 406 g/mol. The zero-order valence-electron chi connectivity index (χ0n) is 14.6. The van der Waals surface area contributed by atoms with Crippen molar-refractivity contribution in [3.63, 3.8) is 0 Å². The summed E-state index contributed by atoms with van der Waals surface area (Å²) in [5, 5.41) is 0.716. The van der Waals surface area contributed by atoms with Gasteiger partial charge in [-0.1, -0.05) is 53.9 Å². The molecule has 134 valence electrons. The number of amides is 2. The molecule has 1 aliphatic heterocycles. The molecule has 0 spiro atoms. The van der Waals surface area contributed by atoms with E-state index < -0.39 is 0 Å². The first-order chi connectivity index (χ1) is 12.3. The predicted octanol–water partition coefficient (Wildman–Crippen LogP) is 5.65. The normalized spacial score (nSPS) is 14.6. The number of thioether (sulfide) groups is 1. The zero-order valence-corrected chi connectivity index (χ0v) is 16.9. The van der Waals surface area contributed by atoms with Gasteiger partial charge in [0.1, 0.15) is 0 Å². The molecule has 0 saturated carbocycles. The van der Waals surface area contributed by atoms with Gasteiger partial charge in [-0.2, -0.15) is 0 Å². The van der Waals surface area contributed by atoms with E-state index in [1.165, 1.54) is 11.8 Å². The van der Waals surface area contributed by atoms with E-state index in [2.05, 4.69) is 0 Å². The second-order valence-electron chi connectivity index (χ2n) is 6.00. The van der Waals surface area contributed by atoms with E-state index >= 15 is 0 Å². The number of hydrogen-bond acceptors (Lipinski definition) is 3. The van der Waals surface area contributed by atoms with Crippen molar-refractivity contribution in [1.82, 2.24) is 0 Å². The Morgan fingerprint density at radius 2 is 1.73 bits per heavy atom. The van der Waals surface area contributed by atoms with Crippen LogP contribution in [0, 0.1) is 13.8 Å². The van der Waals surface area contributed by atoms with Crippen LogP contribution in [0.15, 0.2) is 41.3 Å². The van der Waals surface area contributed by atoms with Crippen LogP contribution in [0.4, 0.5) is 5.69 Å². The van der Waals surface area contributed by atoms with Gasteiger partial charge in [0.05, 0.1) is 21.2 Å². The number of rotatable bonds is 4. The van der Waals surface area contributed by atoms with Crippen LogP contribution in [-0.2, 0) is 9.59 Å². The van der Waals surface area contributed by atoms with Crippen molar-refractivity contribution >= 4 is 58.0 Å². The number of benzene rings is 2. The van der Waals surface area contributed by atoms with Gasteiger partial charge >= 0.3 is 0 Å². The lowest BCUT2D eigenvalue weighted by molar-refractivity contribution is -0.119. The minimum atomic E-state index is -0.373. The van der Waals surface area contributed by atoms with E-state index in [9.17, 15) is 9.59 Å². The lowest BCUT2D eigenvalue weighted by atomic mass is 9.99. The number of hydrogen-bond donors (Lipinski definition) is 0. The Labute approximate surface area is 167 Å². The standard InChI is InChI=1S/C20H17Cl2NO2S/c1-4-26-18-17(14-7-5-11(2)9-12(14)3)19(24)23(20(18)25)16-10-13(21)6-8-15(16)22/h5-10H,4H2,1-3H3. The average Bonchev–Trinajstić information content (AvgIpc) is 2.82. The predicted molar refractivity (Wildman–Crippen MR) is 110 cm³/mol. The van der Waals surface area contributed by atoms with Crippen molar-refractivity contribution in [2.45, 2.75) is 20.8 Å². The van der Waals surface area contributed by atoms with E-state index in [4.69, 9.17) is 23.2 Å². The number of aryl methyl sites for hydroxylation is 2. The van der Waals surface area contributed by atoms with Gasteiger partial charge in [0, 0.05) is 5.02 Å². The first-order valence-corrected chi connectivity index (χ1v) is 9.87. The van der Waals surface area contributed by atoms with Crippen molar-refractivity contribution < 1.29 is 9.59 Å². The van der Waals surface area contributed by atoms with E-state index in [0.717, 1.165) is 21.6 Å². The summed E-state index contributed by atoms with van der Waals surface area (Å²) >= 11 is 13.7. The van der Waals surface area contributed by atoms with Gasteiger partial charge in [-0.25, -0.2) is 4.90 Å². The van der Waals surface area contributed by atoms with Crippen molar-refractivity contribution in [2.24, 2.45) is 0 Å². The van der Waals surface area contributed by atoms with Gasteiger partial charge in [-0.15, -0.1) is 11.8 Å². The Hall–Kier alpha value is -1.75. The summed E-state index contributed by atoms with van der Waals surface area (Å²) in [6, 6.07) is 10.6. The first-order valence-electron chi connectivity index (χ1n) is 8.13. The molecule has 0 aliphatic carbocycles. The molecule has 0 saturated heterocycles. The molecule has 2 amide bonds. The largest absolute Gasteiger partial charge is 0.272 e. The Morgan fingerprint density at radius 3 is 2.38 bits per heavy atom. The van der Waals surface area contributed by atoms with Crippen LogP contribution in [0.1, 0.15) is 23.6 Å². The van der Waals surface area contributed by atoms with E-state index in [0.29, 0.717) is 32.0 Å². The Morgan fingerprint density at radius 1 is 1.00 bits per heavy atom. The van der Waals surface area contributed by atoms with E-state index in [1.807, 2.05) is 39.0 Å². The molecule has 2 aromatic carbocycles. The molecular formula is C20H17Cl2NO2S. The second-order valence-corrected chi connectivity index (χ2v) is 8.11. The summed E-state index contributed by atoms with van der Waals surface area (Å²) in [5.74, 6) is -0.0528. The quantitative estimate of drug-likeness (QED) is 0.616. The fourth-order valence-corrected chi connectivity index (χ4v) is 4.21. The van der Waals surface area contributed by atoms with Crippen LogP contribution in [0.25, 0.3) is 5.57 Å². The maximum Gasteiger partial charge on any atom is 0.272 e. The summed E-state index contributed by atoms with van der Waals surface area (Å²) in [5.41, 5.74) is 3.56. The summed E-state index contributed by atoms with van der Waals surface area (Å²) in [7, 11) is 0. The van der Waals surface area contributed by atoms with Gasteiger partial charge in [-0.05, 0) is 48.9 Å². The molecule has 0 aromatic heterocycles. The van der Waals surface area contributed by atoms with Gasteiger partial charge in [-0.3, -0.25) is 9.59 Å². The number of nitrogens with zero attached hydrogens (tertiary/aromatic N) is 1. The third kappa shape index (κ3) is 3.29. The number of anilines is 1. The fraction of sp³-hybridized carbons (Fsp3) is 0.200. The van der Waals surface area contributed by atoms with E-state index in [-0.39, 0.29) is 11.8 Å². The maximum absolute atomic E-state index is 13.2. The fourth-order valence-electron chi connectivity index (χ4n) is 3.00. The molecule has 0 N–H and O–H groups in total. The highest BCUT2D eigenvalue weighted by molar-refractivity contribution is 8.04. The molecule has 0 radical (unpaired) electrons. The minimum Gasteiger partial charge on any atom is -0.268 e. The Balaban J connectivity index is 2.17. The molecular weight excluding hydrogens is 389 g/mol. The molecule has 3 rings (SSSR count). The molecule has 1 aliphatic rings. The highest BCUT2D eigenvalue weighted by atomic mass is 35.5. The number of carbonyl (C=O) groups excluding carboxylic acids is 2. The molecule has 26 heavy (non-hydrogen) atoms. The molecule has 2 aromatic rings. The van der Waals surface area contributed by atoms with Crippen molar-refractivity contribution in [3.8, 4) is 0 Å². The van der Waals surface area contributed by atoms with E-state index in [1.54, 1.807) is 18.2 Å². The van der Waals surface area contributed by atoms with Gasteiger partial charge in [0.15, 0.2) is 0 Å². The van der Waals surface area contributed by atoms with Crippen LogP contribution < -0.4 is 4.90 Å². The maximum atomic E-state index is 13.2. The van der Waals surface area contributed by atoms with Crippen molar-refractivity contribution in [1.29, 1.82) is 0 Å². The monoisotopic (exact) mass is 405 g/mol. The molecule has 6 heteroatoms. The minimum absolute atomic E-state index is 0.304. The summed E-state index contributed by atoms with van der Waals surface area (Å²) in [6.45, 7) is 5.88. The first kappa shape index (κ1) is 19.0. The SMILES string of the molecule is CCSC1=C(c2ccc(C)cc2C)C(=O)N(c2cc(Cl)ccc2Cl)C1=O. The summed E-state index contributed by atoms with van der Waals surface area (Å²) in [6.07, 6.45) is 0. The topological polar surface area (TPSA) is 37.4 Å². The van der Waals surface area contributed by atoms with Crippen LogP contribution in [-0.4, -0.2) is 17.6 Å². The van der Waals surface area contributed by atoms with Crippen molar-refractivity contribution in [2.75, 3.05) is 10.7 Å². The molecule has 3 nitrogen and oxygen atoms in total. The lowest BCUT2D eigenvalue weighted by Gasteiger charge is -2.17. The summed E-state index contributed by atoms with van der Waals surface area (Å²) < 4.78 is 0. The van der Waals surface area contributed by atoms with Gasteiger partial charge in [0.2, 0.25) is 0 Å². The smallest absolute Gasteiger partial charge is 0.268 e. The molecule has 0 fully saturated rings. The van der Waals surface area contributed by atoms with Crippen LogP contribution in [0.3, 0.4) is 0 Å². The Bertz CT molecular complexity index is 953. The molecule has 0 unspecified atom stereocenters. The molecule has 1 heterocycles. The second kappa shape index (κ2) is 7.47. The number of carbonyl (C=O) groups is 2. The van der Waals surface area contributed by atoms with Gasteiger partial charge < -0.3 is 0 Å². The Kier molecular flexibility index (Phi) is 5.47. The van der Waals surface area contributed by atoms with Crippen LogP contribution in [0.5, 0.6) is 0 Å². The number of halogens is 2. The van der Waals surface area contributed by atoms with Crippen LogP contribution in [0.2, 0.25) is 10.0 Å². The van der Waals surface area contributed by atoms with Gasteiger partial charge in [0.25, 0.3) is 11.8 Å². The zero-order chi connectivity index (χ0) is 19.0. The third-order valence-electron chi connectivity index (χ3n) is 4.13. The summed E-state index contributed by atoms with van der Waals surface area (Å²) in [4.78, 5) is 27.9. The molecule has 0 atom stereocenters.